The minimum absolute atomic E-state index is 0.200. The molecule has 0 spiro atoms. The summed E-state index contributed by atoms with van der Waals surface area (Å²) < 4.78 is 13.3. The lowest BCUT2D eigenvalue weighted by molar-refractivity contribution is 0.628. The summed E-state index contributed by atoms with van der Waals surface area (Å²) in [5.41, 5.74) is 2.11. The topological polar surface area (TPSA) is 24.9 Å². The SMILES string of the molecule is CCNCc1sc(-c2cccc(F)c2)nc1C1CC1. The van der Waals surface area contributed by atoms with Gasteiger partial charge in [0.05, 0.1) is 5.69 Å². The fraction of sp³-hybridized carbons (Fsp3) is 0.400. The summed E-state index contributed by atoms with van der Waals surface area (Å²) in [6, 6.07) is 6.70. The number of halogens is 1. The molecule has 1 aliphatic rings. The van der Waals surface area contributed by atoms with Gasteiger partial charge in [0.2, 0.25) is 0 Å². The molecule has 0 amide bonds. The van der Waals surface area contributed by atoms with E-state index < -0.39 is 0 Å². The highest BCUT2D eigenvalue weighted by atomic mass is 32.1. The molecular formula is C15H17FN2S. The van der Waals surface area contributed by atoms with Gasteiger partial charge in [0.1, 0.15) is 10.8 Å². The number of nitrogens with zero attached hydrogens (tertiary/aromatic N) is 1. The monoisotopic (exact) mass is 276 g/mol. The minimum Gasteiger partial charge on any atom is -0.312 e. The van der Waals surface area contributed by atoms with Crippen LogP contribution in [0.25, 0.3) is 10.6 Å². The van der Waals surface area contributed by atoms with Crippen molar-refractivity contribution < 1.29 is 4.39 Å². The number of rotatable bonds is 5. The van der Waals surface area contributed by atoms with Crippen molar-refractivity contribution >= 4 is 11.3 Å². The molecular weight excluding hydrogens is 259 g/mol. The van der Waals surface area contributed by atoms with Crippen molar-refractivity contribution in [3.05, 3.63) is 40.7 Å². The fourth-order valence-electron chi connectivity index (χ4n) is 2.15. The number of thiazole rings is 1. The van der Waals surface area contributed by atoms with Crippen molar-refractivity contribution in [3.63, 3.8) is 0 Å². The third-order valence-electron chi connectivity index (χ3n) is 3.30. The molecule has 1 aromatic heterocycles. The van der Waals surface area contributed by atoms with Crippen LogP contribution in [-0.2, 0) is 6.54 Å². The van der Waals surface area contributed by atoms with Crippen LogP contribution in [0.4, 0.5) is 4.39 Å². The van der Waals surface area contributed by atoms with Crippen LogP contribution < -0.4 is 5.32 Å². The molecule has 2 nitrogen and oxygen atoms in total. The van der Waals surface area contributed by atoms with E-state index in [-0.39, 0.29) is 5.82 Å². The first-order chi connectivity index (χ1) is 9.28. The molecule has 3 rings (SSSR count). The first-order valence-electron chi connectivity index (χ1n) is 6.74. The van der Waals surface area contributed by atoms with Crippen molar-refractivity contribution in [3.8, 4) is 10.6 Å². The van der Waals surface area contributed by atoms with Crippen LogP contribution in [0.3, 0.4) is 0 Å². The molecule has 0 saturated heterocycles. The average molecular weight is 276 g/mol. The number of nitrogens with one attached hydrogen (secondary N) is 1. The van der Waals surface area contributed by atoms with E-state index in [4.69, 9.17) is 4.98 Å². The molecule has 0 aliphatic heterocycles. The molecule has 2 aromatic rings. The molecule has 4 heteroatoms. The first-order valence-corrected chi connectivity index (χ1v) is 7.56. The highest BCUT2D eigenvalue weighted by Crippen LogP contribution is 2.44. The minimum atomic E-state index is -0.200. The highest BCUT2D eigenvalue weighted by molar-refractivity contribution is 7.15. The quantitative estimate of drug-likeness (QED) is 0.895. The molecule has 0 bridgehead atoms. The average Bonchev–Trinajstić information content (AvgIpc) is 3.17. The predicted octanol–water partition coefficient (Wildman–Crippen LogP) is 3.94. The molecule has 19 heavy (non-hydrogen) atoms. The van der Waals surface area contributed by atoms with Gasteiger partial charge in [-0.25, -0.2) is 9.37 Å². The molecule has 0 unspecified atom stereocenters. The molecule has 0 atom stereocenters. The second kappa shape index (κ2) is 5.39. The summed E-state index contributed by atoms with van der Waals surface area (Å²) in [5.74, 6) is 0.432. The van der Waals surface area contributed by atoms with Gasteiger partial charge in [0.15, 0.2) is 0 Å². The van der Waals surface area contributed by atoms with E-state index in [0.29, 0.717) is 5.92 Å². The Morgan fingerprint density at radius 1 is 1.42 bits per heavy atom. The lowest BCUT2D eigenvalue weighted by atomic mass is 10.2. The zero-order valence-corrected chi connectivity index (χ0v) is 11.8. The Morgan fingerprint density at radius 3 is 2.95 bits per heavy atom. The Morgan fingerprint density at radius 2 is 2.26 bits per heavy atom. The summed E-state index contributed by atoms with van der Waals surface area (Å²) in [6.07, 6.45) is 2.48. The van der Waals surface area contributed by atoms with Gasteiger partial charge in [-0.3, -0.25) is 0 Å². The molecule has 100 valence electrons. The van der Waals surface area contributed by atoms with Gasteiger partial charge in [-0.1, -0.05) is 19.1 Å². The molecule has 1 aromatic carbocycles. The number of hydrogen-bond acceptors (Lipinski definition) is 3. The van der Waals surface area contributed by atoms with Gasteiger partial charge >= 0.3 is 0 Å². The Kier molecular flexibility index (Phi) is 3.62. The third kappa shape index (κ3) is 2.85. The van der Waals surface area contributed by atoms with Crippen LogP contribution in [0.1, 0.15) is 36.3 Å². The van der Waals surface area contributed by atoms with Crippen molar-refractivity contribution in [2.24, 2.45) is 0 Å². The van der Waals surface area contributed by atoms with Crippen molar-refractivity contribution in [2.45, 2.75) is 32.2 Å². The second-order valence-electron chi connectivity index (χ2n) is 4.89. The summed E-state index contributed by atoms with van der Waals surface area (Å²) in [6.45, 7) is 3.93. The smallest absolute Gasteiger partial charge is 0.124 e. The predicted molar refractivity (Wildman–Crippen MR) is 76.9 cm³/mol. The van der Waals surface area contributed by atoms with E-state index in [2.05, 4.69) is 12.2 Å². The van der Waals surface area contributed by atoms with E-state index in [1.165, 1.54) is 29.5 Å². The molecule has 1 N–H and O–H groups in total. The van der Waals surface area contributed by atoms with Gasteiger partial charge in [0.25, 0.3) is 0 Å². The van der Waals surface area contributed by atoms with Crippen LogP contribution >= 0.6 is 11.3 Å². The Labute approximate surface area is 116 Å². The van der Waals surface area contributed by atoms with Crippen molar-refractivity contribution in [2.75, 3.05) is 6.54 Å². The van der Waals surface area contributed by atoms with E-state index >= 15 is 0 Å². The van der Waals surface area contributed by atoms with E-state index in [1.54, 1.807) is 23.5 Å². The summed E-state index contributed by atoms with van der Waals surface area (Å²) >= 11 is 1.69. The lowest BCUT2D eigenvalue weighted by Crippen LogP contribution is -2.11. The number of benzene rings is 1. The van der Waals surface area contributed by atoms with Gasteiger partial charge < -0.3 is 5.32 Å². The van der Waals surface area contributed by atoms with Crippen LogP contribution in [0.5, 0.6) is 0 Å². The van der Waals surface area contributed by atoms with E-state index in [9.17, 15) is 4.39 Å². The van der Waals surface area contributed by atoms with E-state index in [1.807, 2.05) is 6.07 Å². The normalized spacial score (nSPS) is 14.8. The second-order valence-corrected chi connectivity index (χ2v) is 5.98. The first kappa shape index (κ1) is 12.8. The van der Waals surface area contributed by atoms with Crippen LogP contribution in [-0.4, -0.2) is 11.5 Å². The zero-order chi connectivity index (χ0) is 13.2. The maximum absolute atomic E-state index is 13.3. The van der Waals surface area contributed by atoms with Crippen molar-refractivity contribution in [1.82, 2.24) is 10.3 Å². The van der Waals surface area contributed by atoms with Gasteiger partial charge in [-0.15, -0.1) is 11.3 Å². The summed E-state index contributed by atoms with van der Waals surface area (Å²) in [5, 5.41) is 4.30. The third-order valence-corrected chi connectivity index (χ3v) is 4.42. The van der Waals surface area contributed by atoms with Gasteiger partial charge in [0, 0.05) is 22.9 Å². The standard InChI is InChI=1S/C15H17FN2S/c1-2-17-9-13-14(10-6-7-10)18-15(19-13)11-4-3-5-12(16)8-11/h3-5,8,10,17H,2,6-7,9H2,1H3. The molecule has 1 saturated carbocycles. The Bertz CT molecular complexity index is 575. The van der Waals surface area contributed by atoms with Crippen LogP contribution in [0.2, 0.25) is 0 Å². The Hall–Kier alpha value is -1.26. The van der Waals surface area contributed by atoms with Crippen LogP contribution in [0.15, 0.2) is 24.3 Å². The largest absolute Gasteiger partial charge is 0.312 e. The van der Waals surface area contributed by atoms with Crippen LogP contribution in [0, 0.1) is 5.82 Å². The molecule has 1 heterocycles. The Balaban J connectivity index is 1.93. The maximum atomic E-state index is 13.3. The summed E-state index contributed by atoms with van der Waals surface area (Å²) in [4.78, 5) is 6.06. The fourth-order valence-corrected chi connectivity index (χ4v) is 3.26. The number of hydrogen-bond donors (Lipinski definition) is 1. The molecule has 1 aliphatic carbocycles. The van der Waals surface area contributed by atoms with Gasteiger partial charge in [-0.2, -0.15) is 0 Å². The maximum Gasteiger partial charge on any atom is 0.124 e. The van der Waals surface area contributed by atoms with E-state index in [0.717, 1.165) is 23.7 Å². The summed E-state index contributed by atoms with van der Waals surface area (Å²) in [7, 11) is 0. The van der Waals surface area contributed by atoms with Gasteiger partial charge in [-0.05, 0) is 31.5 Å². The highest BCUT2D eigenvalue weighted by Gasteiger charge is 2.29. The van der Waals surface area contributed by atoms with Crippen molar-refractivity contribution in [1.29, 1.82) is 0 Å². The lowest BCUT2D eigenvalue weighted by Gasteiger charge is -2.00. The molecule has 0 radical (unpaired) electrons. The molecule has 1 fully saturated rings. The number of aromatic nitrogens is 1. The zero-order valence-electron chi connectivity index (χ0n) is 10.9.